The number of rotatable bonds is 5. The standard InChI is InChI=1S/C10H17NO2/c1-4-5-6-9(12)7-8-10(13)11(2)3/h7-8H,4-6H2,1-3H3/b8-7+. The molecule has 0 aromatic rings. The van der Waals surface area contributed by atoms with Crippen molar-refractivity contribution in [3.63, 3.8) is 0 Å². The molecule has 0 aliphatic rings. The molecule has 0 aromatic heterocycles. The van der Waals surface area contributed by atoms with Crippen molar-refractivity contribution in [1.29, 1.82) is 0 Å². The first kappa shape index (κ1) is 11.9. The molecule has 0 heterocycles. The predicted molar refractivity (Wildman–Crippen MR) is 52.4 cm³/mol. The van der Waals surface area contributed by atoms with Crippen LogP contribution in [0.25, 0.3) is 0 Å². The number of hydrogen-bond donors (Lipinski definition) is 0. The first-order valence-corrected chi connectivity index (χ1v) is 4.50. The molecule has 0 fully saturated rings. The van der Waals surface area contributed by atoms with Crippen LogP contribution >= 0.6 is 0 Å². The van der Waals surface area contributed by atoms with Gasteiger partial charge in [-0.25, -0.2) is 0 Å². The van der Waals surface area contributed by atoms with E-state index in [0.717, 1.165) is 12.8 Å². The van der Waals surface area contributed by atoms with Crippen molar-refractivity contribution >= 4 is 11.7 Å². The number of nitrogens with zero attached hydrogens (tertiary/aromatic N) is 1. The SMILES string of the molecule is CCCCC(=O)/C=C/C(=O)N(C)C. The summed E-state index contributed by atoms with van der Waals surface area (Å²) >= 11 is 0. The molecule has 0 aromatic carbocycles. The smallest absolute Gasteiger partial charge is 0.246 e. The second-order valence-electron chi connectivity index (χ2n) is 3.14. The number of carbonyl (C=O) groups is 2. The summed E-state index contributed by atoms with van der Waals surface area (Å²) in [5, 5.41) is 0. The van der Waals surface area contributed by atoms with Crippen molar-refractivity contribution in [2.24, 2.45) is 0 Å². The third kappa shape index (κ3) is 6.08. The lowest BCUT2D eigenvalue weighted by atomic mass is 10.2. The summed E-state index contributed by atoms with van der Waals surface area (Å²) in [6.07, 6.45) is 5.10. The fraction of sp³-hybridized carbons (Fsp3) is 0.600. The Morgan fingerprint density at radius 3 is 2.31 bits per heavy atom. The minimum atomic E-state index is -0.148. The summed E-state index contributed by atoms with van der Waals surface area (Å²) in [6, 6.07) is 0. The van der Waals surface area contributed by atoms with E-state index < -0.39 is 0 Å². The molecule has 0 radical (unpaired) electrons. The molecular formula is C10H17NO2. The summed E-state index contributed by atoms with van der Waals surface area (Å²) in [4.78, 5) is 23.5. The molecule has 3 nitrogen and oxygen atoms in total. The molecule has 0 N–H and O–H groups in total. The first-order chi connectivity index (χ1) is 6.07. The molecule has 0 aliphatic carbocycles. The Labute approximate surface area is 79.4 Å². The lowest BCUT2D eigenvalue weighted by Gasteiger charge is -2.04. The Bertz CT molecular complexity index is 207. The molecular weight excluding hydrogens is 166 g/mol. The van der Waals surface area contributed by atoms with Crippen molar-refractivity contribution in [1.82, 2.24) is 4.90 Å². The van der Waals surface area contributed by atoms with E-state index in [4.69, 9.17) is 0 Å². The highest BCUT2D eigenvalue weighted by atomic mass is 16.2. The molecule has 0 spiro atoms. The van der Waals surface area contributed by atoms with Gasteiger partial charge in [-0.1, -0.05) is 13.3 Å². The first-order valence-electron chi connectivity index (χ1n) is 4.50. The van der Waals surface area contributed by atoms with Crippen molar-refractivity contribution < 1.29 is 9.59 Å². The molecule has 1 amide bonds. The van der Waals surface area contributed by atoms with Gasteiger partial charge < -0.3 is 4.90 Å². The van der Waals surface area contributed by atoms with E-state index in [2.05, 4.69) is 0 Å². The average molecular weight is 183 g/mol. The molecule has 74 valence electrons. The number of hydrogen-bond acceptors (Lipinski definition) is 2. The van der Waals surface area contributed by atoms with Crippen LogP contribution in [0.2, 0.25) is 0 Å². The van der Waals surface area contributed by atoms with Crippen LogP contribution in [0.1, 0.15) is 26.2 Å². The van der Waals surface area contributed by atoms with Crippen LogP contribution in [-0.4, -0.2) is 30.7 Å². The molecule has 3 heteroatoms. The van der Waals surface area contributed by atoms with Crippen molar-refractivity contribution in [2.45, 2.75) is 26.2 Å². The summed E-state index contributed by atoms with van der Waals surface area (Å²) < 4.78 is 0. The quantitative estimate of drug-likeness (QED) is 0.604. The molecule has 13 heavy (non-hydrogen) atoms. The van der Waals surface area contributed by atoms with Gasteiger partial charge in [0.2, 0.25) is 5.91 Å². The Hall–Kier alpha value is -1.12. The maximum absolute atomic E-state index is 11.1. The molecule has 0 saturated carbocycles. The van der Waals surface area contributed by atoms with Gasteiger partial charge in [0.1, 0.15) is 0 Å². The van der Waals surface area contributed by atoms with Crippen LogP contribution in [0.5, 0.6) is 0 Å². The molecule has 0 atom stereocenters. The number of likely N-dealkylation sites (N-methyl/N-ethyl adjacent to an activating group) is 1. The number of unbranched alkanes of at least 4 members (excludes halogenated alkanes) is 1. The summed E-state index contributed by atoms with van der Waals surface area (Å²) in [5.41, 5.74) is 0. The fourth-order valence-electron chi connectivity index (χ4n) is 0.748. The second-order valence-corrected chi connectivity index (χ2v) is 3.14. The zero-order valence-electron chi connectivity index (χ0n) is 8.54. The van der Waals surface area contributed by atoms with Gasteiger partial charge in [0, 0.05) is 26.6 Å². The average Bonchev–Trinajstić information content (AvgIpc) is 2.10. The van der Waals surface area contributed by atoms with E-state index in [9.17, 15) is 9.59 Å². The van der Waals surface area contributed by atoms with Gasteiger partial charge in [-0.05, 0) is 12.5 Å². The number of amides is 1. The third-order valence-electron chi connectivity index (χ3n) is 1.63. The van der Waals surface area contributed by atoms with Gasteiger partial charge >= 0.3 is 0 Å². The maximum atomic E-state index is 11.1. The number of allylic oxidation sites excluding steroid dienone is 1. The summed E-state index contributed by atoms with van der Waals surface area (Å²) in [5.74, 6) is -0.123. The highest BCUT2D eigenvalue weighted by Gasteiger charge is 1.99. The molecule has 0 aliphatic heterocycles. The topological polar surface area (TPSA) is 37.4 Å². The zero-order valence-corrected chi connectivity index (χ0v) is 8.54. The normalized spacial score (nSPS) is 10.4. The minimum Gasteiger partial charge on any atom is -0.345 e. The number of ketones is 1. The van der Waals surface area contributed by atoms with Crippen LogP contribution in [-0.2, 0) is 9.59 Å². The van der Waals surface area contributed by atoms with Gasteiger partial charge in [0.25, 0.3) is 0 Å². The van der Waals surface area contributed by atoms with E-state index in [1.165, 1.54) is 17.1 Å². The Kier molecular flexibility index (Phi) is 5.85. The summed E-state index contributed by atoms with van der Waals surface area (Å²) in [6.45, 7) is 2.03. The van der Waals surface area contributed by atoms with Crippen LogP contribution in [0.4, 0.5) is 0 Å². The maximum Gasteiger partial charge on any atom is 0.246 e. The third-order valence-corrected chi connectivity index (χ3v) is 1.63. The van der Waals surface area contributed by atoms with Gasteiger partial charge in [-0.3, -0.25) is 9.59 Å². The van der Waals surface area contributed by atoms with Gasteiger partial charge in [-0.15, -0.1) is 0 Å². The Balaban J connectivity index is 3.83. The second kappa shape index (κ2) is 6.40. The lowest BCUT2D eigenvalue weighted by molar-refractivity contribution is -0.124. The van der Waals surface area contributed by atoms with Crippen LogP contribution < -0.4 is 0 Å². The zero-order chi connectivity index (χ0) is 10.3. The van der Waals surface area contributed by atoms with E-state index in [0.29, 0.717) is 6.42 Å². The van der Waals surface area contributed by atoms with Crippen LogP contribution in [0.3, 0.4) is 0 Å². The van der Waals surface area contributed by atoms with Gasteiger partial charge in [0.15, 0.2) is 5.78 Å². The fourth-order valence-corrected chi connectivity index (χ4v) is 0.748. The van der Waals surface area contributed by atoms with E-state index in [1.807, 2.05) is 6.92 Å². The number of carbonyl (C=O) groups excluding carboxylic acids is 2. The monoisotopic (exact) mass is 183 g/mol. The van der Waals surface area contributed by atoms with Crippen molar-refractivity contribution in [2.75, 3.05) is 14.1 Å². The molecule has 0 bridgehead atoms. The summed E-state index contributed by atoms with van der Waals surface area (Å²) in [7, 11) is 3.31. The Morgan fingerprint density at radius 2 is 1.85 bits per heavy atom. The highest BCUT2D eigenvalue weighted by Crippen LogP contribution is 1.96. The largest absolute Gasteiger partial charge is 0.345 e. The van der Waals surface area contributed by atoms with Crippen molar-refractivity contribution in [3.05, 3.63) is 12.2 Å². The van der Waals surface area contributed by atoms with E-state index in [-0.39, 0.29) is 11.7 Å². The van der Waals surface area contributed by atoms with Gasteiger partial charge in [0.05, 0.1) is 0 Å². The Morgan fingerprint density at radius 1 is 1.23 bits per heavy atom. The van der Waals surface area contributed by atoms with Crippen molar-refractivity contribution in [3.8, 4) is 0 Å². The lowest BCUT2D eigenvalue weighted by Crippen LogP contribution is -2.19. The van der Waals surface area contributed by atoms with E-state index in [1.54, 1.807) is 14.1 Å². The van der Waals surface area contributed by atoms with Gasteiger partial charge in [-0.2, -0.15) is 0 Å². The molecule has 0 unspecified atom stereocenters. The van der Waals surface area contributed by atoms with Crippen LogP contribution in [0.15, 0.2) is 12.2 Å². The minimum absolute atomic E-state index is 0.0250. The predicted octanol–water partition coefficient (Wildman–Crippen LogP) is 1.39. The molecule has 0 saturated heterocycles. The van der Waals surface area contributed by atoms with E-state index >= 15 is 0 Å². The highest BCUT2D eigenvalue weighted by molar-refractivity contribution is 5.97. The van der Waals surface area contributed by atoms with Crippen LogP contribution in [0, 0.1) is 0 Å². The molecule has 0 rings (SSSR count).